The van der Waals surface area contributed by atoms with Crippen LogP contribution in [0.3, 0.4) is 0 Å². The van der Waals surface area contributed by atoms with E-state index in [-0.39, 0.29) is 0 Å². The van der Waals surface area contributed by atoms with E-state index in [1.165, 1.54) is 0 Å². The molecule has 3 nitrogen and oxygen atoms in total. The van der Waals surface area contributed by atoms with Crippen molar-refractivity contribution in [1.82, 2.24) is 9.97 Å². The molecule has 0 radical (unpaired) electrons. The number of nitrogens with two attached hydrogens (primary N) is 1. The van der Waals surface area contributed by atoms with E-state index in [4.69, 9.17) is 17.3 Å². The molecule has 2 aromatic heterocycles. The first kappa shape index (κ1) is 10.5. The fraction of sp³-hybridized carbons (Fsp3) is 0. The van der Waals surface area contributed by atoms with Crippen LogP contribution in [0.5, 0.6) is 0 Å². The minimum absolute atomic E-state index is 0.497. The van der Waals surface area contributed by atoms with Crippen molar-refractivity contribution in [3.8, 4) is 11.4 Å². The SMILES string of the molecule is Nc1ccc(-c2nc(Cl)c3sccc3n2)cc1. The number of rotatable bonds is 1. The predicted octanol–water partition coefficient (Wildman–Crippen LogP) is 3.59. The minimum atomic E-state index is 0.497. The number of halogens is 1. The Morgan fingerprint density at radius 3 is 2.59 bits per heavy atom. The number of nitrogen functional groups attached to an aromatic ring is 1. The highest BCUT2D eigenvalue weighted by molar-refractivity contribution is 7.17. The number of anilines is 1. The van der Waals surface area contributed by atoms with Gasteiger partial charge in [-0.05, 0) is 35.7 Å². The zero-order valence-corrected chi connectivity index (χ0v) is 10.3. The molecule has 0 saturated carbocycles. The Morgan fingerprint density at radius 1 is 1.06 bits per heavy atom. The lowest BCUT2D eigenvalue weighted by molar-refractivity contribution is 1.23. The lowest BCUT2D eigenvalue weighted by Gasteiger charge is -2.02. The first-order valence-corrected chi connectivity index (χ1v) is 6.26. The number of aromatic nitrogens is 2. The summed E-state index contributed by atoms with van der Waals surface area (Å²) < 4.78 is 0.922. The van der Waals surface area contributed by atoms with Gasteiger partial charge in [-0.3, -0.25) is 0 Å². The van der Waals surface area contributed by atoms with Gasteiger partial charge in [0.15, 0.2) is 11.0 Å². The lowest BCUT2D eigenvalue weighted by atomic mass is 10.2. The van der Waals surface area contributed by atoms with Gasteiger partial charge in [0.05, 0.1) is 10.2 Å². The van der Waals surface area contributed by atoms with Gasteiger partial charge in [-0.25, -0.2) is 9.97 Å². The van der Waals surface area contributed by atoms with E-state index in [9.17, 15) is 0 Å². The standard InChI is InChI=1S/C12H8ClN3S/c13-11-10-9(5-6-17-10)15-12(16-11)7-1-3-8(14)4-2-7/h1-6H,14H2. The second-order valence-electron chi connectivity index (χ2n) is 3.59. The second kappa shape index (κ2) is 3.98. The minimum Gasteiger partial charge on any atom is -0.399 e. The van der Waals surface area contributed by atoms with Crippen molar-refractivity contribution < 1.29 is 0 Å². The van der Waals surface area contributed by atoms with Crippen LogP contribution in [0.15, 0.2) is 35.7 Å². The molecular weight excluding hydrogens is 254 g/mol. The normalized spacial score (nSPS) is 10.9. The average Bonchev–Trinajstić information content (AvgIpc) is 2.78. The van der Waals surface area contributed by atoms with Crippen LogP contribution < -0.4 is 5.73 Å². The van der Waals surface area contributed by atoms with Crippen molar-refractivity contribution in [3.05, 3.63) is 40.9 Å². The Bertz CT molecular complexity index is 676. The largest absolute Gasteiger partial charge is 0.399 e. The zero-order chi connectivity index (χ0) is 11.8. The summed E-state index contributed by atoms with van der Waals surface area (Å²) in [5.74, 6) is 0.626. The summed E-state index contributed by atoms with van der Waals surface area (Å²) in [5.41, 5.74) is 8.15. The smallest absolute Gasteiger partial charge is 0.161 e. The Morgan fingerprint density at radius 2 is 1.82 bits per heavy atom. The van der Waals surface area contributed by atoms with E-state index < -0.39 is 0 Å². The molecule has 1 aromatic carbocycles. The summed E-state index contributed by atoms with van der Waals surface area (Å²) in [5, 5.41) is 2.45. The number of thiophene rings is 1. The first-order valence-electron chi connectivity index (χ1n) is 5.01. The molecule has 0 aliphatic heterocycles. The number of nitrogens with zero attached hydrogens (tertiary/aromatic N) is 2. The van der Waals surface area contributed by atoms with E-state index in [1.807, 2.05) is 35.7 Å². The Labute approximate surface area is 107 Å². The molecule has 0 bridgehead atoms. The molecule has 0 fully saturated rings. The van der Waals surface area contributed by atoms with Gasteiger partial charge >= 0.3 is 0 Å². The van der Waals surface area contributed by atoms with E-state index in [2.05, 4.69) is 9.97 Å². The van der Waals surface area contributed by atoms with Gasteiger partial charge in [0.1, 0.15) is 0 Å². The van der Waals surface area contributed by atoms with E-state index in [1.54, 1.807) is 11.3 Å². The number of benzene rings is 1. The molecular formula is C12H8ClN3S. The number of hydrogen-bond acceptors (Lipinski definition) is 4. The fourth-order valence-corrected chi connectivity index (χ4v) is 2.61. The maximum atomic E-state index is 6.12. The van der Waals surface area contributed by atoms with Crippen LogP contribution in [0.25, 0.3) is 21.6 Å². The molecule has 84 valence electrons. The Balaban J connectivity index is 2.20. The zero-order valence-electron chi connectivity index (χ0n) is 8.72. The van der Waals surface area contributed by atoms with E-state index in [0.29, 0.717) is 11.0 Å². The number of fused-ring (bicyclic) bond motifs is 1. The van der Waals surface area contributed by atoms with E-state index >= 15 is 0 Å². The summed E-state index contributed by atoms with van der Waals surface area (Å²) in [6, 6.07) is 9.36. The van der Waals surface area contributed by atoms with Gasteiger partial charge in [-0.15, -0.1) is 11.3 Å². The molecule has 2 heterocycles. The highest BCUT2D eigenvalue weighted by Crippen LogP contribution is 2.28. The van der Waals surface area contributed by atoms with Crippen LogP contribution in [0.1, 0.15) is 0 Å². The van der Waals surface area contributed by atoms with Crippen LogP contribution in [0.4, 0.5) is 5.69 Å². The topological polar surface area (TPSA) is 51.8 Å². The third-order valence-corrected chi connectivity index (χ3v) is 3.73. The monoisotopic (exact) mass is 261 g/mol. The van der Waals surface area contributed by atoms with E-state index in [0.717, 1.165) is 21.5 Å². The van der Waals surface area contributed by atoms with Crippen LogP contribution in [0.2, 0.25) is 5.15 Å². The summed E-state index contributed by atoms with van der Waals surface area (Å²) in [6.07, 6.45) is 0. The molecule has 0 amide bonds. The molecule has 5 heteroatoms. The van der Waals surface area contributed by atoms with Gasteiger partial charge in [-0.1, -0.05) is 11.6 Å². The van der Waals surface area contributed by atoms with Crippen molar-refractivity contribution in [3.63, 3.8) is 0 Å². The van der Waals surface area contributed by atoms with Crippen molar-refractivity contribution in [2.24, 2.45) is 0 Å². The van der Waals surface area contributed by atoms with Gasteiger partial charge in [0.2, 0.25) is 0 Å². The molecule has 3 rings (SSSR count). The molecule has 0 saturated heterocycles. The summed E-state index contributed by atoms with van der Waals surface area (Å²) in [4.78, 5) is 8.77. The highest BCUT2D eigenvalue weighted by atomic mass is 35.5. The molecule has 0 atom stereocenters. The van der Waals surface area contributed by atoms with Gasteiger partial charge < -0.3 is 5.73 Å². The maximum absolute atomic E-state index is 6.12. The van der Waals surface area contributed by atoms with Crippen LogP contribution >= 0.6 is 22.9 Å². The van der Waals surface area contributed by atoms with Crippen molar-refractivity contribution >= 4 is 38.8 Å². The molecule has 2 N–H and O–H groups in total. The van der Waals surface area contributed by atoms with Gasteiger partial charge in [0.25, 0.3) is 0 Å². The number of hydrogen-bond donors (Lipinski definition) is 1. The van der Waals surface area contributed by atoms with Crippen LogP contribution in [-0.4, -0.2) is 9.97 Å². The maximum Gasteiger partial charge on any atom is 0.161 e. The van der Waals surface area contributed by atoms with Crippen molar-refractivity contribution in [1.29, 1.82) is 0 Å². The van der Waals surface area contributed by atoms with Crippen molar-refractivity contribution in [2.45, 2.75) is 0 Å². The van der Waals surface area contributed by atoms with Crippen LogP contribution in [-0.2, 0) is 0 Å². The molecule has 3 aromatic rings. The van der Waals surface area contributed by atoms with Crippen LogP contribution in [0, 0.1) is 0 Å². The Hall–Kier alpha value is -1.65. The summed E-state index contributed by atoms with van der Waals surface area (Å²) >= 11 is 7.66. The molecule has 0 unspecified atom stereocenters. The fourth-order valence-electron chi connectivity index (χ4n) is 1.59. The second-order valence-corrected chi connectivity index (χ2v) is 4.87. The first-order chi connectivity index (χ1) is 8.24. The van der Waals surface area contributed by atoms with Gasteiger partial charge in [-0.2, -0.15) is 0 Å². The summed E-state index contributed by atoms with van der Waals surface area (Å²) in [7, 11) is 0. The molecule has 0 spiro atoms. The molecule has 0 aliphatic carbocycles. The quantitative estimate of drug-likeness (QED) is 0.538. The van der Waals surface area contributed by atoms with Gasteiger partial charge in [0, 0.05) is 11.3 Å². The molecule has 0 aliphatic rings. The average molecular weight is 262 g/mol. The molecule has 17 heavy (non-hydrogen) atoms. The predicted molar refractivity (Wildman–Crippen MR) is 72.3 cm³/mol. The summed E-state index contributed by atoms with van der Waals surface area (Å²) in [6.45, 7) is 0. The third kappa shape index (κ3) is 1.85. The van der Waals surface area contributed by atoms with Crippen molar-refractivity contribution in [2.75, 3.05) is 5.73 Å². The Kier molecular flexibility index (Phi) is 2.46. The third-order valence-electron chi connectivity index (χ3n) is 2.43. The highest BCUT2D eigenvalue weighted by Gasteiger charge is 2.08. The lowest BCUT2D eigenvalue weighted by Crippen LogP contribution is -1.90.